The fourth-order valence-electron chi connectivity index (χ4n) is 5.05. The number of ether oxygens (including phenoxy) is 1. The zero-order valence-corrected chi connectivity index (χ0v) is 18.4. The molecule has 0 bridgehead atoms. The number of likely N-dealkylation sites (N-methyl/N-ethyl adjacent to an activating group) is 1. The van der Waals surface area contributed by atoms with Gasteiger partial charge >= 0.3 is 0 Å². The van der Waals surface area contributed by atoms with Crippen LogP contribution in [0.3, 0.4) is 0 Å². The molecule has 5 atom stereocenters. The van der Waals surface area contributed by atoms with E-state index in [-0.39, 0.29) is 30.7 Å². The Morgan fingerprint density at radius 1 is 1.31 bits per heavy atom. The van der Waals surface area contributed by atoms with Crippen molar-refractivity contribution in [3.8, 4) is 0 Å². The Hall–Kier alpha value is -1.21. The van der Waals surface area contributed by atoms with E-state index in [9.17, 15) is 9.50 Å². The molecule has 0 aromatic heterocycles. The van der Waals surface area contributed by atoms with E-state index < -0.39 is 0 Å². The molecule has 1 fully saturated rings. The van der Waals surface area contributed by atoms with Gasteiger partial charge in [0, 0.05) is 41.0 Å². The standard InChI is InChI=1S/C23H30BrFN2O2/c1-2-27(10-11-28)14-17-8-9-18-21(15-6-4-3-5-7-15)26-22-19(23(18)29-17)12-16(24)13-20(22)25/h3-6,12-13,15,17-18,21,23,26,28H,2,7-11,14H2,1H3/t15?,17-,18+,21+,23+/m1/s1. The number of anilines is 1. The molecule has 0 amide bonds. The van der Waals surface area contributed by atoms with Gasteiger partial charge in [0.25, 0.3) is 0 Å². The van der Waals surface area contributed by atoms with Crippen molar-refractivity contribution in [2.75, 3.05) is 31.6 Å². The van der Waals surface area contributed by atoms with Crippen LogP contribution in [0.1, 0.15) is 37.9 Å². The molecular weight excluding hydrogens is 435 g/mol. The summed E-state index contributed by atoms with van der Waals surface area (Å²) in [5, 5.41) is 12.8. The number of hydrogen-bond acceptors (Lipinski definition) is 4. The SMILES string of the molecule is CCN(CCO)C[C@H]1CC[C@@H]2[C@H](O1)c1cc(Br)cc(F)c1N[C@H]2C1C=CC=CC1. The average molecular weight is 465 g/mol. The average Bonchev–Trinajstić information content (AvgIpc) is 2.73. The van der Waals surface area contributed by atoms with Crippen LogP contribution in [0.5, 0.6) is 0 Å². The molecule has 1 unspecified atom stereocenters. The zero-order chi connectivity index (χ0) is 20.4. The summed E-state index contributed by atoms with van der Waals surface area (Å²) in [5.74, 6) is 0.418. The largest absolute Gasteiger partial charge is 0.395 e. The summed E-state index contributed by atoms with van der Waals surface area (Å²) >= 11 is 3.46. The Balaban J connectivity index is 1.62. The van der Waals surface area contributed by atoms with Crippen LogP contribution >= 0.6 is 15.9 Å². The molecule has 158 valence electrons. The molecule has 4 nitrogen and oxygen atoms in total. The second kappa shape index (κ2) is 9.29. The van der Waals surface area contributed by atoms with Crippen molar-refractivity contribution in [3.63, 3.8) is 0 Å². The fraction of sp³-hybridized carbons (Fsp3) is 0.565. The number of fused-ring (bicyclic) bond motifs is 3. The number of aliphatic hydroxyl groups excluding tert-OH is 1. The molecule has 3 aliphatic rings. The number of benzene rings is 1. The van der Waals surface area contributed by atoms with E-state index in [4.69, 9.17) is 4.74 Å². The summed E-state index contributed by atoms with van der Waals surface area (Å²) in [4.78, 5) is 2.22. The minimum Gasteiger partial charge on any atom is -0.395 e. The van der Waals surface area contributed by atoms with Gasteiger partial charge in [-0.2, -0.15) is 0 Å². The lowest BCUT2D eigenvalue weighted by Crippen LogP contribution is -2.49. The van der Waals surface area contributed by atoms with Gasteiger partial charge in [0.2, 0.25) is 0 Å². The monoisotopic (exact) mass is 464 g/mol. The first-order chi connectivity index (χ1) is 14.1. The normalized spacial score (nSPS) is 30.7. The Labute approximate surface area is 180 Å². The molecule has 1 saturated heterocycles. The molecule has 4 rings (SSSR count). The van der Waals surface area contributed by atoms with Gasteiger partial charge < -0.3 is 15.2 Å². The van der Waals surface area contributed by atoms with Gasteiger partial charge in [0.05, 0.1) is 24.5 Å². The second-order valence-electron chi connectivity index (χ2n) is 8.27. The number of nitrogens with one attached hydrogen (secondary N) is 1. The van der Waals surface area contributed by atoms with Gasteiger partial charge in [-0.05, 0) is 37.9 Å². The van der Waals surface area contributed by atoms with E-state index in [2.05, 4.69) is 57.4 Å². The molecule has 0 saturated carbocycles. The van der Waals surface area contributed by atoms with E-state index in [1.807, 2.05) is 6.07 Å². The Morgan fingerprint density at radius 3 is 2.90 bits per heavy atom. The third-order valence-electron chi connectivity index (χ3n) is 6.51. The van der Waals surface area contributed by atoms with Crippen LogP contribution in [0.4, 0.5) is 10.1 Å². The minimum absolute atomic E-state index is 0.0955. The van der Waals surface area contributed by atoms with Crippen molar-refractivity contribution in [1.29, 1.82) is 0 Å². The van der Waals surface area contributed by atoms with Gasteiger partial charge in [-0.15, -0.1) is 0 Å². The van der Waals surface area contributed by atoms with E-state index in [0.717, 1.165) is 42.4 Å². The van der Waals surface area contributed by atoms with Crippen LogP contribution < -0.4 is 5.32 Å². The van der Waals surface area contributed by atoms with Gasteiger partial charge in [-0.3, -0.25) is 4.90 Å². The Kier molecular flexibility index (Phi) is 6.74. The van der Waals surface area contributed by atoms with Crippen molar-refractivity contribution < 1.29 is 14.2 Å². The molecule has 2 N–H and O–H groups in total. The van der Waals surface area contributed by atoms with Crippen molar-refractivity contribution >= 4 is 21.6 Å². The summed E-state index contributed by atoms with van der Waals surface area (Å²) in [5.41, 5.74) is 1.51. The molecule has 0 spiro atoms. The van der Waals surface area contributed by atoms with Crippen LogP contribution in [-0.2, 0) is 4.74 Å². The lowest BCUT2D eigenvalue weighted by molar-refractivity contribution is -0.105. The molecule has 0 radical (unpaired) electrons. The van der Waals surface area contributed by atoms with E-state index in [1.54, 1.807) is 0 Å². The number of allylic oxidation sites excluding steroid dienone is 3. The zero-order valence-electron chi connectivity index (χ0n) is 16.9. The van der Waals surface area contributed by atoms with Gasteiger partial charge in [0.1, 0.15) is 5.82 Å². The summed E-state index contributed by atoms with van der Waals surface area (Å²) < 4.78 is 22.3. The molecule has 6 heteroatoms. The van der Waals surface area contributed by atoms with Crippen molar-refractivity contribution in [1.82, 2.24) is 4.90 Å². The summed E-state index contributed by atoms with van der Waals surface area (Å²) in [6.07, 6.45) is 11.6. The molecule has 2 aliphatic heterocycles. The first-order valence-corrected chi connectivity index (χ1v) is 11.5. The number of hydrogen-bond donors (Lipinski definition) is 2. The van der Waals surface area contributed by atoms with Crippen molar-refractivity contribution in [2.24, 2.45) is 11.8 Å². The lowest BCUT2D eigenvalue weighted by Gasteiger charge is -2.48. The lowest BCUT2D eigenvalue weighted by atomic mass is 9.73. The van der Waals surface area contributed by atoms with Gasteiger partial charge in [-0.1, -0.05) is 47.2 Å². The maximum atomic E-state index is 14.9. The topological polar surface area (TPSA) is 44.7 Å². The number of aliphatic hydroxyl groups is 1. The summed E-state index contributed by atoms with van der Waals surface area (Å²) in [6.45, 7) is 4.60. The van der Waals surface area contributed by atoms with Gasteiger partial charge in [0.15, 0.2) is 0 Å². The van der Waals surface area contributed by atoms with Crippen molar-refractivity contribution in [2.45, 2.75) is 44.4 Å². The number of halogens is 2. The number of rotatable bonds is 6. The van der Waals surface area contributed by atoms with E-state index in [1.165, 1.54) is 6.07 Å². The highest BCUT2D eigenvalue weighted by atomic mass is 79.9. The minimum atomic E-state index is -0.227. The first-order valence-electron chi connectivity index (χ1n) is 10.7. The van der Waals surface area contributed by atoms with E-state index >= 15 is 0 Å². The predicted octanol–water partition coefficient (Wildman–Crippen LogP) is 4.67. The van der Waals surface area contributed by atoms with Crippen LogP contribution in [0.25, 0.3) is 0 Å². The highest BCUT2D eigenvalue weighted by molar-refractivity contribution is 9.10. The van der Waals surface area contributed by atoms with Gasteiger partial charge in [-0.25, -0.2) is 4.39 Å². The Morgan fingerprint density at radius 2 is 2.17 bits per heavy atom. The first kappa shape index (κ1) is 21.0. The third kappa shape index (κ3) is 4.46. The predicted molar refractivity (Wildman–Crippen MR) is 117 cm³/mol. The third-order valence-corrected chi connectivity index (χ3v) is 6.97. The molecule has 1 aromatic carbocycles. The maximum absolute atomic E-state index is 14.9. The summed E-state index contributed by atoms with van der Waals surface area (Å²) in [6, 6.07) is 3.69. The number of nitrogens with zero attached hydrogens (tertiary/aromatic N) is 1. The van der Waals surface area contributed by atoms with Crippen molar-refractivity contribution in [3.05, 3.63) is 52.3 Å². The maximum Gasteiger partial charge on any atom is 0.147 e. The van der Waals surface area contributed by atoms with Crippen LogP contribution in [0.15, 0.2) is 40.9 Å². The Bertz CT molecular complexity index is 784. The second-order valence-corrected chi connectivity index (χ2v) is 9.19. The fourth-order valence-corrected chi connectivity index (χ4v) is 5.50. The smallest absolute Gasteiger partial charge is 0.147 e. The van der Waals surface area contributed by atoms with Crippen LogP contribution in [0, 0.1) is 17.7 Å². The highest BCUT2D eigenvalue weighted by Gasteiger charge is 2.44. The van der Waals surface area contributed by atoms with E-state index in [0.29, 0.717) is 24.1 Å². The molecule has 2 heterocycles. The quantitative estimate of drug-likeness (QED) is 0.642. The molecular formula is C23H30BrFN2O2. The summed E-state index contributed by atoms with van der Waals surface area (Å²) in [7, 11) is 0. The molecule has 1 aromatic rings. The molecule has 29 heavy (non-hydrogen) atoms. The van der Waals surface area contributed by atoms with Crippen LogP contribution in [-0.4, -0.2) is 48.4 Å². The van der Waals surface area contributed by atoms with Crippen LogP contribution in [0.2, 0.25) is 0 Å². The highest BCUT2D eigenvalue weighted by Crippen LogP contribution is 2.49. The molecule has 1 aliphatic carbocycles.